The number of nitrogens with zero attached hydrogens (tertiary/aromatic N) is 2. The summed E-state index contributed by atoms with van der Waals surface area (Å²) in [4.78, 5) is 10.6. The van der Waals surface area contributed by atoms with E-state index in [1.807, 2.05) is 12.3 Å². The van der Waals surface area contributed by atoms with Crippen molar-refractivity contribution >= 4 is 43.2 Å². The Balaban J connectivity index is 2.37. The molecule has 0 aliphatic heterocycles. The van der Waals surface area contributed by atoms with Gasteiger partial charge < -0.3 is 5.32 Å². The van der Waals surface area contributed by atoms with Crippen molar-refractivity contribution in [2.75, 3.05) is 6.54 Å². The van der Waals surface area contributed by atoms with E-state index in [0.717, 1.165) is 39.2 Å². The van der Waals surface area contributed by atoms with Gasteiger partial charge in [0, 0.05) is 26.6 Å². The van der Waals surface area contributed by atoms with Crippen molar-refractivity contribution in [1.29, 1.82) is 0 Å². The summed E-state index contributed by atoms with van der Waals surface area (Å²) in [6, 6.07) is 2.01. The molecule has 2 aromatic heterocycles. The first-order valence-corrected chi connectivity index (χ1v) is 9.42. The summed E-state index contributed by atoms with van der Waals surface area (Å²) in [5, 5.41) is 4.38. The summed E-state index contributed by atoms with van der Waals surface area (Å²) in [5.74, 6) is 0.599. The predicted octanol–water partition coefficient (Wildman–Crippen LogP) is 5.04. The quantitative estimate of drug-likeness (QED) is 0.694. The first-order valence-electron chi connectivity index (χ1n) is 7.02. The normalized spacial score (nSPS) is 11.3. The topological polar surface area (TPSA) is 37.8 Å². The lowest BCUT2D eigenvalue weighted by molar-refractivity contribution is 0.627. The number of aromatic nitrogens is 2. The molecule has 0 amide bonds. The summed E-state index contributed by atoms with van der Waals surface area (Å²) in [6.07, 6.45) is 2.82. The van der Waals surface area contributed by atoms with Gasteiger partial charge >= 0.3 is 0 Å². The molecule has 21 heavy (non-hydrogen) atoms. The molecule has 0 saturated heterocycles. The summed E-state index contributed by atoms with van der Waals surface area (Å²) >= 11 is 8.75. The Labute approximate surface area is 146 Å². The van der Waals surface area contributed by atoms with Crippen LogP contribution >= 0.6 is 43.2 Å². The van der Waals surface area contributed by atoms with Gasteiger partial charge in [-0.25, -0.2) is 4.98 Å². The Morgan fingerprint density at radius 1 is 1.33 bits per heavy atom. The lowest BCUT2D eigenvalue weighted by Gasteiger charge is -2.04. The first kappa shape index (κ1) is 17.1. The molecule has 0 aliphatic rings. The third kappa shape index (κ3) is 4.58. The molecule has 0 bridgehead atoms. The Kier molecular flexibility index (Phi) is 6.34. The standard InChI is InChI=1S/C15H19Br2N3S/c1-4-18-8-13-12(5-9(2)3)20-15(21-13)14-11(17)6-10(16)7-19-14/h6-7,9,18H,4-5,8H2,1-3H3. The van der Waals surface area contributed by atoms with Crippen molar-refractivity contribution in [1.82, 2.24) is 15.3 Å². The molecule has 2 heterocycles. The Bertz CT molecular complexity index is 611. The Morgan fingerprint density at radius 3 is 2.71 bits per heavy atom. The fourth-order valence-corrected chi connectivity index (χ4v) is 4.36. The van der Waals surface area contributed by atoms with E-state index < -0.39 is 0 Å². The van der Waals surface area contributed by atoms with Crippen LogP contribution in [0.1, 0.15) is 31.3 Å². The van der Waals surface area contributed by atoms with E-state index >= 15 is 0 Å². The lowest BCUT2D eigenvalue weighted by Crippen LogP contribution is -2.12. The molecule has 0 unspecified atom stereocenters. The summed E-state index contributed by atoms with van der Waals surface area (Å²) in [7, 11) is 0. The number of halogens is 2. The van der Waals surface area contributed by atoms with Crippen LogP contribution in [0, 0.1) is 5.92 Å². The number of hydrogen-bond acceptors (Lipinski definition) is 4. The van der Waals surface area contributed by atoms with Crippen LogP contribution in [0.2, 0.25) is 0 Å². The average molecular weight is 433 g/mol. The minimum absolute atomic E-state index is 0.599. The highest BCUT2D eigenvalue weighted by molar-refractivity contribution is 9.11. The van der Waals surface area contributed by atoms with Gasteiger partial charge in [0.25, 0.3) is 0 Å². The van der Waals surface area contributed by atoms with Crippen molar-refractivity contribution in [3.05, 3.63) is 31.8 Å². The van der Waals surface area contributed by atoms with Crippen LogP contribution in [0.4, 0.5) is 0 Å². The summed E-state index contributed by atoms with van der Waals surface area (Å²) in [6.45, 7) is 8.42. The molecule has 0 spiro atoms. The van der Waals surface area contributed by atoms with Crippen LogP contribution in [0.15, 0.2) is 21.2 Å². The molecule has 6 heteroatoms. The third-order valence-electron chi connectivity index (χ3n) is 2.93. The van der Waals surface area contributed by atoms with Crippen LogP contribution in [-0.4, -0.2) is 16.5 Å². The Morgan fingerprint density at radius 2 is 2.10 bits per heavy atom. The number of nitrogens with one attached hydrogen (secondary N) is 1. The van der Waals surface area contributed by atoms with Gasteiger partial charge in [-0.3, -0.25) is 4.98 Å². The van der Waals surface area contributed by atoms with E-state index in [4.69, 9.17) is 4.98 Å². The minimum atomic E-state index is 0.599. The van der Waals surface area contributed by atoms with Crippen LogP contribution in [-0.2, 0) is 13.0 Å². The maximum absolute atomic E-state index is 4.83. The average Bonchev–Trinajstić information content (AvgIpc) is 2.78. The van der Waals surface area contributed by atoms with E-state index in [1.54, 1.807) is 11.3 Å². The van der Waals surface area contributed by atoms with Gasteiger partial charge in [0.2, 0.25) is 0 Å². The highest BCUT2D eigenvalue weighted by Gasteiger charge is 2.16. The zero-order valence-corrected chi connectivity index (χ0v) is 16.4. The number of rotatable bonds is 6. The molecule has 2 rings (SSSR count). The predicted molar refractivity (Wildman–Crippen MR) is 96.7 cm³/mol. The van der Waals surface area contributed by atoms with E-state index in [1.165, 1.54) is 10.6 Å². The first-order chi connectivity index (χ1) is 10.0. The Hall–Kier alpha value is -0.300. The zero-order valence-electron chi connectivity index (χ0n) is 12.4. The smallest absolute Gasteiger partial charge is 0.143 e. The van der Waals surface area contributed by atoms with Gasteiger partial charge in [-0.2, -0.15) is 0 Å². The van der Waals surface area contributed by atoms with Gasteiger partial charge in [0.1, 0.15) is 10.7 Å². The summed E-state index contributed by atoms with van der Waals surface area (Å²) < 4.78 is 1.93. The second kappa shape index (κ2) is 7.81. The maximum atomic E-state index is 4.83. The molecule has 0 saturated carbocycles. The monoisotopic (exact) mass is 431 g/mol. The molecule has 1 N–H and O–H groups in total. The maximum Gasteiger partial charge on any atom is 0.143 e. The second-order valence-corrected chi connectivity index (χ2v) is 8.10. The van der Waals surface area contributed by atoms with E-state index in [9.17, 15) is 0 Å². The van der Waals surface area contributed by atoms with Crippen molar-refractivity contribution < 1.29 is 0 Å². The summed E-state index contributed by atoms with van der Waals surface area (Å²) in [5.41, 5.74) is 2.11. The molecular formula is C15H19Br2N3S. The molecule has 114 valence electrons. The SMILES string of the molecule is CCNCc1sc(-c2ncc(Br)cc2Br)nc1CC(C)C. The fourth-order valence-electron chi connectivity index (χ4n) is 1.98. The largest absolute Gasteiger partial charge is 0.312 e. The van der Waals surface area contributed by atoms with Gasteiger partial charge in [-0.15, -0.1) is 11.3 Å². The van der Waals surface area contributed by atoms with E-state index in [2.05, 4.69) is 62.9 Å². The van der Waals surface area contributed by atoms with Crippen LogP contribution in [0.25, 0.3) is 10.7 Å². The van der Waals surface area contributed by atoms with Crippen LogP contribution < -0.4 is 5.32 Å². The highest BCUT2D eigenvalue weighted by Crippen LogP contribution is 2.33. The van der Waals surface area contributed by atoms with Crippen molar-refractivity contribution in [2.24, 2.45) is 5.92 Å². The third-order valence-corrected chi connectivity index (χ3v) is 5.07. The number of hydrogen-bond donors (Lipinski definition) is 1. The minimum Gasteiger partial charge on any atom is -0.312 e. The molecule has 0 aliphatic carbocycles. The zero-order chi connectivity index (χ0) is 15.4. The van der Waals surface area contributed by atoms with Crippen molar-refractivity contribution in [2.45, 2.75) is 33.7 Å². The molecule has 3 nitrogen and oxygen atoms in total. The molecule has 0 fully saturated rings. The van der Waals surface area contributed by atoms with E-state index in [-0.39, 0.29) is 0 Å². The molecular weight excluding hydrogens is 414 g/mol. The molecule has 0 atom stereocenters. The lowest BCUT2D eigenvalue weighted by atomic mass is 10.1. The van der Waals surface area contributed by atoms with E-state index in [0.29, 0.717) is 5.92 Å². The van der Waals surface area contributed by atoms with Crippen LogP contribution in [0.5, 0.6) is 0 Å². The van der Waals surface area contributed by atoms with Gasteiger partial charge in [0.05, 0.1) is 5.69 Å². The van der Waals surface area contributed by atoms with Crippen LogP contribution in [0.3, 0.4) is 0 Å². The van der Waals surface area contributed by atoms with Crippen molar-refractivity contribution in [3.8, 4) is 10.7 Å². The molecule has 0 radical (unpaired) electrons. The number of thiazole rings is 1. The number of pyridine rings is 1. The van der Waals surface area contributed by atoms with Crippen molar-refractivity contribution in [3.63, 3.8) is 0 Å². The molecule has 2 aromatic rings. The van der Waals surface area contributed by atoms with Gasteiger partial charge in [-0.1, -0.05) is 20.8 Å². The fraction of sp³-hybridized carbons (Fsp3) is 0.467. The molecule has 0 aromatic carbocycles. The second-order valence-electron chi connectivity index (χ2n) is 5.25. The highest BCUT2D eigenvalue weighted by atomic mass is 79.9. The van der Waals surface area contributed by atoms with Gasteiger partial charge in [0.15, 0.2) is 0 Å². The van der Waals surface area contributed by atoms with Gasteiger partial charge in [-0.05, 0) is 56.8 Å².